The predicted molar refractivity (Wildman–Crippen MR) is 93.1 cm³/mol. The lowest BCUT2D eigenvalue weighted by molar-refractivity contribution is -0.125. The summed E-state index contributed by atoms with van der Waals surface area (Å²) < 4.78 is 9.95. The molecule has 0 N–H and O–H groups in total. The number of ether oxygens (including phenoxy) is 2. The van der Waals surface area contributed by atoms with Crippen LogP contribution in [0.5, 0.6) is 0 Å². The minimum Gasteiger partial charge on any atom is -0.465 e. The van der Waals surface area contributed by atoms with Crippen molar-refractivity contribution in [2.75, 3.05) is 13.7 Å². The van der Waals surface area contributed by atoms with Crippen LogP contribution in [0.2, 0.25) is 0 Å². The maximum absolute atomic E-state index is 12.9. The van der Waals surface area contributed by atoms with Gasteiger partial charge in [0, 0.05) is 18.5 Å². The average Bonchev–Trinajstić information content (AvgIpc) is 2.59. The highest BCUT2D eigenvalue weighted by atomic mass is 16.6. The van der Waals surface area contributed by atoms with E-state index in [4.69, 9.17) is 4.74 Å². The van der Waals surface area contributed by atoms with Crippen LogP contribution in [0.25, 0.3) is 0 Å². The van der Waals surface area contributed by atoms with Crippen LogP contribution in [0.4, 0.5) is 4.79 Å². The van der Waals surface area contributed by atoms with Crippen molar-refractivity contribution < 1.29 is 28.7 Å². The van der Waals surface area contributed by atoms with Crippen LogP contribution in [0.3, 0.4) is 0 Å². The largest absolute Gasteiger partial charge is 0.465 e. The fraction of sp³-hybridized carbons (Fsp3) is 0.474. The number of hydrogen-bond acceptors (Lipinski definition) is 6. The molecule has 1 heterocycles. The number of piperidine rings is 1. The average molecular weight is 361 g/mol. The Labute approximate surface area is 152 Å². The highest BCUT2D eigenvalue weighted by Crippen LogP contribution is 2.21. The molecular weight excluding hydrogens is 338 g/mol. The van der Waals surface area contributed by atoms with E-state index in [1.165, 1.54) is 36.3 Å². The molecule has 0 aromatic heterocycles. The molecule has 1 unspecified atom stereocenters. The van der Waals surface area contributed by atoms with Crippen molar-refractivity contribution in [3.63, 3.8) is 0 Å². The molecule has 7 heteroatoms. The van der Waals surface area contributed by atoms with Gasteiger partial charge in [0.25, 0.3) is 0 Å². The minimum atomic E-state index is -1.21. The molecule has 0 saturated carbocycles. The quantitative estimate of drug-likeness (QED) is 0.467. The summed E-state index contributed by atoms with van der Waals surface area (Å²) in [6, 6.07) is 4.59. The predicted octanol–water partition coefficient (Wildman–Crippen LogP) is 2.62. The van der Waals surface area contributed by atoms with Gasteiger partial charge in [0.2, 0.25) is 0 Å². The van der Waals surface area contributed by atoms with E-state index in [0.717, 1.165) is 0 Å². The minimum absolute atomic E-state index is 0.232. The molecule has 0 spiro atoms. The van der Waals surface area contributed by atoms with Gasteiger partial charge in [0.05, 0.1) is 12.7 Å². The molecule has 1 aliphatic rings. The van der Waals surface area contributed by atoms with E-state index >= 15 is 0 Å². The monoisotopic (exact) mass is 361 g/mol. The Morgan fingerprint density at radius 2 is 1.65 bits per heavy atom. The van der Waals surface area contributed by atoms with Crippen molar-refractivity contribution >= 4 is 23.6 Å². The number of benzene rings is 1. The van der Waals surface area contributed by atoms with Crippen LogP contribution in [0.1, 0.15) is 54.3 Å². The van der Waals surface area contributed by atoms with Crippen molar-refractivity contribution in [3.05, 3.63) is 35.4 Å². The van der Waals surface area contributed by atoms with Gasteiger partial charge in [-0.1, -0.05) is 12.1 Å². The number of nitrogens with zero attached hydrogens (tertiary/aromatic N) is 1. The van der Waals surface area contributed by atoms with Gasteiger partial charge in [-0.2, -0.15) is 0 Å². The Morgan fingerprint density at radius 1 is 1.08 bits per heavy atom. The number of carbonyl (C=O) groups excluding carboxylic acids is 4. The molecule has 0 bridgehead atoms. The number of ketones is 2. The molecule has 26 heavy (non-hydrogen) atoms. The maximum Gasteiger partial charge on any atom is 0.411 e. The molecule has 2 rings (SSSR count). The first-order chi connectivity index (χ1) is 12.1. The third kappa shape index (κ3) is 4.47. The van der Waals surface area contributed by atoms with Crippen LogP contribution in [-0.2, 0) is 14.3 Å². The molecule has 7 nitrogen and oxygen atoms in total. The van der Waals surface area contributed by atoms with Crippen LogP contribution in [0.15, 0.2) is 24.3 Å². The van der Waals surface area contributed by atoms with Crippen molar-refractivity contribution in [2.45, 2.75) is 45.3 Å². The zero-order chi connectivity index (χ0) is 19.5. The molecule has 1 aliphatic heterocycles. The number of amides is 1. The molecule has 140 valence electrons. The second kappa shape index (κ2) is 7.68. The summed E-state index contributed by atoms with van der Waals surface area (Å²) in [7, 11) is 1.26. The third-order valence-corrected chi connectivity index (χ3v) is 3.91. The molecule has 1 atom stereocenters. The van der Waals surface area contributed by atoms with E-state index in [0.29, 0.717) is 12.0 Å². The van der Waals surface area contributed by atoms with Crippen LogP contribution in [0, 0.1) is 0 Å². The number of rotatable bonds is 3. The van der Waals surface area contributed by atoms with E-state index in [2.05, 4.69) is 4.74 Å². The lowest BCUT2D eigenvalue weighted by atomic mass is 9.93. The Kier molecular flexibility index (Phi) is 5.79. The first-order valence-corrected chi connectivity index (χ1v) is 8.39. The van der Waals surface area contributed by atoms with Crippen molar-refractivity contribution in [3.8, 4) is 0 Å². The Balaban J connectivity index is 2.26. The van der Waals surface area contributed by atoms with Gasteiger partial charge in [-0.3, -0.25) is 14.5 Å². The number of Topliss-reactive ketones (excluding diaryl/α,β-unsaturated/α-hetero) is 2. The number of carbonyl (C=O) groups is 4. The summed E-state index contributed by atoms with van der Waals surface area (Å²) in [4.78, 5) is 50.3. The van der Waals surface area contributed by atoms with Crippen molar-refractivity contribution in [1.29, 1.82) is 0 Å². The van der Waals surface area contributed by atoms with Gasteiger partial charge in [-0.15, -0.1) is 0 Å². The lowest BCUT2D eigenvalue weighted by Gasteiger charge is -2.34. The Bertz CT molecular complexity index is 717. The molecule has 1 aromatic carbocycles. The van der Waals surface area contributed by atoms with Gasteiger partial charge in [0.15, 0.2) is 17.6 Å². The van der Waals surface area contributed by atoms with Gasteiger partial charge >= 0.3 is 12.1 Å². The van der Waals surface area contributed by atoms with Crippen molar-refractivity contribution in [1.82, 2.24) is 4.90 Å². The summed E-state index contributed by atoms with van der Waals surface area (Å²) >= 11 is 0. The molecular formula is C19H23NO6. The van der Waals surface area contributed by atoms with E-state index in [9.17, 15) is 19.2 Å². The molecule has 1 aromatic rings. The summed E-state index contributed by atoms with van der Waals surface area (Å²) in [6.07, 6.45) is 0.0362. The number of esters is 1. The SMILES string of the molecule is COC(=O)c1ccc(C(=O)C2C(=O)CCCN2C(=O)OC(C)(C)C)cc1. The third-order valence-electron chi connectivity index (χ3n) is 3.91. The zero-order valence-corrected chi connectivity index (χ0v) is 15.4. The first-order valence-electron chi connectivity index (χ1n) is 8.39. The normalized spacial score (nSPS) is 17.6. The van der Waals surface area contributed by atoms with Crippen LogP contribution < -0.4 is 0 Å². The van der Waals surface area contributed by atoms with E-state index < -0.39 is 29.5 Å². The zero-order valence-electron chi connectivity index (χ0n) is 15.4. The van der Waals surface area contributed by atoms with Gasteiger partial charge in [0.1, 0.15) is 5.60 Å². The fourth-order valence-corrected chi connectivity index (χ4v) is 2.71. The van der Waals surface area contributed by atoms with Gasteiger partial charge < -0.3 is 9.47 Å². The van der Waals surface area contributed by atoms with E-state index in [1.54, 1.807) is 20.8 Å². The Hall–Kier alpha value is -2.70. The molecule has 1 amide bonds. The number of likely N-dealkylation sites (tertiary alicyclic amines) is 1. The highest BCUT2D eigenvalue weighted by Gasteiger charge is 2.40. The Morgan fingerprint density at radius 3 is 2.19 bits per heavy atom. The summed E-state index contributed by atoms with van der Waals surface area (Å²) in [5.41, 5.74) is -0.192. The van der Waals surface area contributed by atoms with E-state index in [-0.39, 0.29) is 24.3 Å². The fourth-order valence-electron chi connectivity index (χ4n) is 2.71. The van der Waals surface area contributed by atoms with Gasteiger partial charge in [-0.25, -0.2) is 9.59 Å². The first kappa shape index (κ1) is 19.6. The summed E-state index contributed by atoms with van der Waals surface area (Å²) in [5, 5.41) is 0. The van der Waals surface area contributed by atoms with Crippen LogP contribution in [-0.4, -0.2) is 53.8 Å². The molecule has 0 aliphatic carbocycles. The molecule has 1 saturated heterocycles. The van der Waals surface area contributed by atoms with E-state index in [1.807, 2.05) is 0 Å². The summed E-state index contributed by atoms with van der Waals surface area (Å²) in [5.74, 6) is -1.32. The highest BCUT2D eigenvalue weighted by molar-refractivity contribution is 6.16. The second-order valence-electron chi connectivity index (χ2n) is 7.08. The molecule has 1 fully saturated rings. The van der Waals surface area contributed by atoms with Gasteiger partial charge in [-0.05, 0) is 39.3 Å². The lowest BCUT2D eigenvalue weighted by Crippen LogP contribution is -2.54. The second-order valence-corrected chi connectivity index (χ2v) is 7.08. The smallest absolute Gasteiger partial charge is 0.411 e. The number of methoxy groups -OCH3 is 1. The maximum atomic E-state index is 12.9. The number of hydrogen-bond donors (Lipinski definition) is 0. The topological polar surface area (TPSA) is 90.0 Å². The van der Waals surface area contributed by atoms with Crippen molar-refractivity contribution in [2.24, 2.45) is 0 Å². The standard InChI is InChI=1S/C19H23NO6/c1-19(2,3)26-18(24)20-11-5-6-14(21)15(20)16(22)12-7-9-13(10-8-12)17(23)25-4/h7-10,15H,5-6,11H2,1-4H3. The molecule has 0 radical (unpaired) electrons. The van der Waals surface area contributed by atoms with Crippen LogP contribution >= 0.6 is 0 Å². The summed E-state index contributed by atoms with van der Waals surface area (Å²) in [6.45, 7) is 5.44.